The Bertz CT molecular complexity index is 820. The number of carboxylic acid groups (broad SMARTS) is 1. The van der Waals surface area contributed by atoms with Crippen LogP contribution in [0.5, 0.6) is 0 Å². The molecule has 1 fully saturated rings. The van der Waals surface area contributed by atoms with E-state index in [-0.39, 0.29) is 5.91 Å². The lowest BCUT2D eigenvalue weighted by atomic mass is 9.97. The Balaban J connectivity index is 1.69. The molecule has 2 aliphatic rings. The van der Waals surface area contributed by atoms with E-state index in [4.69, 9.17) is 0 Å². The number of carbonyl (C=O) groups excluding carboxylic acids is 1. The predicted octanol–water partition coefficient (Wildman–Crippen LogP) is 2.49. The largest absolute Gasteiger partial charge is 0.480 e. The van der Waals surface area contributed by atoms with Crippen LogP contribution in [0, 0.1) is 0 Å². The number of fused-ring (bicyclic) bond motifs is 1. The lowest BCUT2D eigenvalue weighted by Gasteiger charge is -2.24. The fraction of sp³-hybridized carbons (Fsp3) is 0.421. The van der Waals surface area contributed by atoms with Crippen molar-refractivity contribution in [1.29, 1.82) is 0 Å². The summed E-state index contributed by atoms with van der Waals surface area (Å²) < 4.78 is 1.83. The number of benzene rings is 1. The number of hydrogen-bond acceptors (Lipinski definition) is 3. The minimum Gasteiger partial charge on any atom is -0.480 e. The Morgan fingerprint density at radius 1 is 1.08 bits per heavy atom. The summed E-state index contributed by atoms with van der Waals surface area (Å²) in [5, 5.41) is 16.9. The van der Waals surface area contributed by atoms with Gasteiger partial charge in [0.2, 0.25) is 0 Å². The van der Waals surface area contributed by atoms with E-state index >= 15 is 0 Å². The van der Waals surface area contributed by atoms with Gasteiger partial charge in [0.1, 0.15) is 5.54 Å². The predicted molar refractivity (Wildman–Crippen MR) is 91.9 cm³/mol. The van der Waals surface area contributed by atoms with Crippen LogP contribution in [0.2, 0.25) is 0 Å². The van der Waals surface area contributed by atoms with Crippen molar-refractivity contribution in [1.82, 2.24) is 15.1 Å². The molecule has 0 aliphatic heterocycles. The maximum Gasteiger partial charge on any atom is 0.329 e. The second-order valence-corrected chi connectivity index (χ2v) is 6.92. The molecule has 6 nitrogen and oxygen atoms in total. The molecular formula is C19H21N3O3. The van der Waals surface area contributed by atoms with E-state index in [1.54, 1.807) is 0 Å². The van der Waals surface area contributed by atoms with Crippen molar-refractivity contribution in [2.75, 3.05) is 0 Å². The van der Waals surface area contributed by atoms with Gasteiger partial charge in [0.15, 0.2) is 5.69 Å². The molecule has 4 rings (SSSR count). The molecule has 130 valence electrons. The first kappa shape index (κ1) is 15.9. The van der Waals surface area contributed by atoms with Crippen molar-refractivity contribution in [3.63, 3.8) is 0 Å². The van der Waals surface area contributed by atoms with Crippen LogP contribution in [-0.2, 0) is 17.6 Å². The number of nitrogens with zero attached hydrogens (tertiary/aromatic N) is 2. The van der Waals surface area contributed by atoms with Gasteiger partial charge in [0.25, 0.3) is 5.91 Å². The van der Waals surface area contributed by atoms with Gasteiger partial charge in [-0.2, -0.15) is 5.10 Å². The topological polar surface area (TPSA) is 84.2 Å². The van der Waals surface area contributed by atoms with Crippen molar-refractivity contribution in [2.45, 2.75) is 50.5 Å². The average Bonchev–Trinajstić information content (AvgIpc) is 3.32. The maximum atomic E-state index is 12.9. The zero-order chi connectivity index (χ0) is 17.4. The summed E-state index contributed by atoms with van der Waals surface area (Å²) >= 11 is 0. The second-order valence-electron chi connectivity index (χ2n) is 6.92. The van der Waals surface area contributed by atoms with E-state index in [2.05, 4.69) is 10.4 Å². The molecule has 0 saturated heterocycles. The third kappa shape index (κ3) is 2.62. The Hall–Kier alpha value is -2.63. The van der Waals surface area contributed by atoms with Gasteiger partial charge in [-0.3, -0.25) is 4.79 Å². The highest BCUT2D eigenvalue weighted by Crippen LogP contribution is 2.32. The highest BCUT2D eigenvalue weighted by molar-refractivity contribution is 5.98. The Morgan fingerprint density at radius 2 is 1.80 bits per heavy atom. The van der Waals surface area contributed by atoms with Gasteiger partial charge in [-0.25, -0.2) is 9.48 Å². The summed E-state index contributed by atoms with van der Waals surface area (Å²) in [6, 6.07) is 9.75. The molecule has 0 bridgehead atoms. The van der Waals surface area contributed by atoms with Crippen molar-refractivity contribution >= 4 is 11.9 Å². The van der Waals surface area contributed by atoms with Gasteiger partial charge in [-0.05, 0) is 44.2 Å². The van der Waals surface area contributed by atoms with E-state index in [0.717, 1.165) is 49.0 Å². The highest BCUT2D eigenvalue weighted by Gasteiger charge is 2.43. The number of nitrogens with one attached hydrogen (secondary N) is 1. The number of carboxylic acids is 1. The number of hydrogen-bond donors (Lipinski definition) is 2. The molecular weight excluding hydrogens is 318 g/mol. The molecule has 2 N–H and O–H groups in total. The zero-order valence-corrected chi connectivity index (χ0v) is 14.0. The summed E-state index contributed by atoms with van der Waals surface area (Å²) in [6.07, 6.45) is 5.29. The standard InChI is InChI=1S/C19H21N3O3/c23-17(20-19(18(24)25)11-4-5-12-19)16-14-9-6-10-15(14)22(21-16)13-7-2-1-3-8-13/h1-3,7-8H,4-6,9-12H2,(H,20,23)(H,24,25). The number of rotatable bonds is 4. The fourth-order valence-electron chi connectivity index (χ4n) is 4.05. The SMILES string of the molecule is O=C(NC1(C(=O)O)CCCC1)c1nn(-c2ccccc2)c2c1CCC2. The molecule has 0 atom stereocenters. The van der Waals surface area contributed by atoms with E-state index in [1.165, 1.54) is 0 Å². The quantitative estimate of drug-likeness (QED) is 0.896. The number of amides is 1. The Kier molecular flexibility index (Phi) is 3.82. The maximum absolute atomic E-state index is 12.9. The minimum absolute atomic E-state index is 0.364. The molecule has 25 heavy (non-hydrogen) atoms. The molecule has 0 radical (unpaired) electrons. The van der Waals surface area contributed by atoms with Crippen LogP contribution in [0.4, 0.5) is 0 Å². The molecule has 1 amide bonds. The molecule has 1 aromatic heterocycles. The first-order valence-electron chi connectivity index (χ1n) is 8.83. The van der Waals surface area contributed by atoms with E-state index in [0.29, 0.717) is 18.5 Å². The monoisotopic (exact) mass is 339 g/mol. The number of aliphatic carboxylic acids is 1. The minimum atomic E-state index is -1.14. The zero-order valence-electron chi connectivity index (χ0n) is 14.0. The third-order valence-corrected chi connectivity index (χ3v) is 5.37. The molecule has 1 heterocycles. The van der Waals surface area contributed by atoms with Crippen molar-refractivity contribution in [2.24, 2.45) is 0 Å². The lowest BCUT2D eigenvalue weighted by Crippen LogP contribution is -2.52. The molecule has 1 saturated carbocycles. The van der Waals surface area contributed by atoms with Gasteiger partial charge in [0, 0.05) is 11.3 Å². The van der Waals surface area contributed by atoms with Crippen LogP contribution >= 0.6 is 0 Å². The van der Waals surface area contributed by atoms with Gasteiger partial charge >= 0.3 is 5.97 Å². The highest BCUT2D eigenvalue weighted by atomic mass is 16.4. The summed E-state index contributed by atoms with van der Waals surface area (Å²) in [5.41, 5.74) is 2.18. The van der Waals surface area contributed by atoms with Gasteiger partial charge < -0.3 is 10.4 Å². The Labute approximate surface area is 145 Å². The fourth-order valence-corrected chi connectivity index (χ4v) is 4.05. The third-order valence-electron chi connectivity index (χ3n) is 5.37. The second kappa shape index (κ2) is 6.02. The molecule has 6 heteroatoms. The molecule has 2 aliphatic carbocycles. The summed E-state index contributed by atoms with van der Waals surface area (Å²) in [5.74, 6) is -1.31. The van der Waals surface area contributed by atoms with Crippen LogP contribution in [0.25, 0.3) is 5.69 Å². The summed E-state index contributed by atoms with van der Waals surface area (Å²) in [7, 11) is 0. The van der Waals surface area contributed by atoms with Crippen LogP contribution in [0.3, 0.4) is 0 Å². The molecule has 0 spiro atoms. The summed E-state index contributed by atoms with van der Waals surface area (Å²) in [4.78, 5) is 24.6. The van der Waals surface area contributed by atoms with Gasteiger partial charge in [-0.1, -0.05) is 31.0 Å². The average molecular weight is 339 g/mol. The molecule has 2 aromatic rings. The summed E-state index contributed by atoms with van der Waals surface area (Å²) in [6.45, 7) is 0. The van der Waals surface area contributed by atoms with Crippen molar-refractivity contribution in [3.05, 3.63) is 47.3 Å². The number of aromatic nitrogens is 2. The van der Waals surface area contributed by atoms with Crippen molar-refractivity contribution < 1.29 is 14.7 Å². The number of carbonyl (C=O) groups is 2. The molecule has 1 aromatic carbocycles. The first-order chi connectivity index (χ1) is 12.1. The van der Waals surface area contributed by atoms with Crippen LogP contribution in [0.1, 0.15) is 53.8 Å². The van der Waals surface area contributed by atoms with Gasteiger partial charge in [-0.15, -0.1) is 0 Å². The number of para-hydroxylation sites is 1. The normalized spacial score (nSPS) is 18.1. The van der Waals surface area contributed by atoms with E-state index in [1.807, 2.05) is 35.0 Å². The van der Waals surface area contributed by atoms with Crippen LogP contribution in [0.15, 0.2) is 30.3 Å². The first-order valence-corrected chi connectivity index (χ1v) is 8.83. The smallest absolute Gasteiger partial charge is 0.329 e. The van der Waals surface area contributed by atoms with Gasteiger partial charge in [0.05, 0.1) is 5.69 Å². The van der Waals surface area contributed by atoms with E-state index in [9.17, 15) is 14.7 Å². The van der Waals surface area contributed by atoms with Crippen molar-refractivity contribution in [3.8, 4) is 5.69 Å². The van der Waals surface area contributed by atoms with E-state index < -0.39 is 11.5 Å². The lowest BCUT2D eigenvalue weighted by molar-refractivity contribution is -0.144. The Morgan fingerprint density at radius 3 is 2.48 bits per heavy atom. The molecule has 0 unspecified atom stereocenters. The van der Waals surface area contributed by atoms with Crippen LogP contribution < -0.4 is 5.32 Å². The van der Waals surface area contributed by atoms with Crippen LogP contribution in [-0.4, -0.2) is 32.3 Å².